The van der Waals surface area contributed by atoms with E-state index in [1.54, 1.807) is 49.6 Å². The lowest BCUT2D eigenvalue weighted by atomic mass is 9.97. The molecular weight excluding hydrogens is 438 g/mol. The van der Waals surface area contributed by atoms with Gasteiger partial charge in [0.05, 0.1) is 18.1 Å². The molecule has 0 fully saturated rings. The molecule has 0 atom stereocenters. The Morgan fingerprint density at radius 3 is 2.45 bits per heavy atom. The molecule has 0 spiro atoms. The Kier molecular flexibility index (Phi) is 5.32. The molecule has 1 N–H and O–H groups in total. The van der Waals surface area contributed by atoms with E-state index in [4.69, 9.17) is 20.8 Å². The fourth-order valence-electron chi connectivity index (χ4n) is 3.86. The van der Waals surface area contributed by atoms with Crippen LogP contribution in [0.15, 0.2) is 94.1 Å². The van der Waals surface area contributed by atoms with Gasteiger partial charge in [0, 0.05) is 10.6 Å². The number of anilines is 1. The predicted molar refractivity (Wildman–Crippen MR) is 131 cm³/mol. The van der Waals surface area contributed by atoms with Crippen LogP contribution in [0.5, 0.6) is 5.75 Å². The summed E-state index contributed by atoms with van der Waals surface area (Å²) >= 11 is 6.15. The molecule has 0 aliphatic rings. The number of fused-ring (bicyclic) bond motifs is 2. The molecule has 0 aliphatic heterocycles. The van der Waals surface area contributed by atoms with Crippen LogP contribution in [0, 0.1) is 0 Å². The molecule has 33 heavy (non-hydrogen) atoms. The number of halogens is 1. The second kappa shape index (κ2) is 8.45. The number of nitrogens with one attached hydrogen (secondary N) is 1. The largest absolute Gasteiger partial charge is 0.497 e. The Morgan fingerprint density at radius 2 is 1.67 bits per heavy atom. The van der Waals surface area contributed by atoms with Gasteiger partial charge in [-0.05, 0) is 58.8 Å². The fourth-order valence-corrected chi connectivity index (χ4v) is 4.03. The number of carbonyl (C=O) groups excluding carboxylic acids is 1. The van der Waals surface area contributed by atoms with Crippen molar-refractivity contribution in [3.63, 3.8) is 0 Å². The molecule has 6 heteroatoms. The number of benzene rings is 4. The number of rotatable bonds is 4. The molecule has 0 unspecified atom stereocenters. The van der Waals surface area contributed by atoms with E-state index in [0.29, 0.717) is 32.9 Å². The summed E-state index contributed by atoms with van der Waals surface area (Å²) in [6.07, 6.45) is 0. The van der Waals surface area contributed by atoms with Crippen LogP contribution in [0.4, 0.5) is 5.88 Å². The van der Waals surface area contributed by atoms with Gasteiger partial charge >= 0.3 is 0 Å². The van der Waals surface area contributed by atoms with Gasteiger partial charge in [-0.3, -0.25) is 14.9 Å². The lowest BCUT2D eigenvalue weighted by Gasteiger charge is -2.13. The summed E-state index contributed by atoms with van der Waals surface area (Å²) < 4.78 is 11.2. The second-order valence-electron chi connectivity index (χ2n) is 7.49. The predicted octanol–water partition coefficient (Wildman–Crippen LogP) is 6.53. The van der Waals surface area contributed by atoms with Gasteiger partial charge in [0.1, 0.15) is 11.3 Å². The topological polar surface area (TPSA) is 68.5 Å². The van der Waals surface area contributed by atoms with Crippen molar-refractivity contribution in [2.75, 3.05) is 12.4 Å². The second-order valence-corrected chi connectivity index (χ2v) is 7.92. The number of hydrogen-bond acceptors (Lipinski definition) is 4. The fraction of sp³-hybridized carbons (Fsp3) is 0.0370. The lowest BCUT2D eigenvalue weighted by Crippen LogP contribution is -2.16. The molecule has 1 aromatic heterocycles. The zero-order valence-electron chi connectivity index (χ0n) is 17.6. The smallest absolute Gasteiger partial charge is 0.257 e. The van der Waals surface area contributed by atoms with E-state index in [1.165, 1.54) is 0 Å². The summed E-state index contributed by atoms with van der Waals surface area (Å²) in [5.74, 6) is 0.305. The summed E-state index contributed by atoms with van der Waals surface area (Å²) in [5.41, 5.74) is 1.38. The average Bonchev–Trinajstić information content (AvgIpc) is 2.84. The number of amides is 1. The maximum Gasteiger partial charge on any atom is 0.257 e. The first-order valence-electron chi connectivity index (χ1n) is 10.2. The van der Waals surface area contributed by atoms with Crippen LogP contribution >= 0.6 is 11.6 Å². The molecule has 5 aromatic rings. The molecule has 1 amide bonds. The summed E-state index contributed by atoms with van der Waals surface area (Å²) in [4.78, 5) is 26.7. The van der Waals surface area contributed by atoms with Gasteiger partial charge in [-0.1, -0.05) is 54.1 Å². The van der Waals surface area contributed by atoms with Crippen LogP contribution in [0.1, 0.15) is 10.4 Å². The van der Waals surface area contributed by atoms with Crippen molar-refractivity contribution in [1.29, 1.82) is 0 Å². The van der Waals surface area contributed by atoms with Crippen LogP contribution in [0.25, 0.3) is 32.9 Å². The molecular formula is C27H18ClNO4. The molecule has 4 aromatic carbocycles. The number of methoxy groups -OCH3 is 1. The molecule has 0 aliphatic carbocycles. The van der Waals surface area contributed by atoms with Crippen molar-refractivity contribution in [3.05, 3.63) is 106 Å². The van der Waals surface area contributed by atoms with Crippen molar-refractivity contribution in [3.8, 4) is 16.9 Å². The summed E-state index contributed by atoms with van der Waals surface area (Å²) in [6.45, 7) is 0. The summed E-state index contributed by atoms with van der Waals surface area (Å²) in [5, 5.41) is 5.40. The molecule has 5 rings (SSSR count). The van der Waals surface area contributed by atoms with Crippen molar-refractivity contribution in [2.24, 2.45) is 0 Å². The third kappa shape index (κ3) is 3.83. The molecule has 0 bridgehead atoms. The van der Waals surface area contributed by atoms with E-state index < -0.39 is 5.91 Å². The minimum atomic E-state index is -0.407. The van der Waals surface area contributed by atoms with E-state index in [2.05, 4.69) is 5.32 Å². The SMILES string of the molecule is COc1ccc(C(=O)Nc2oc3ccc(Cl)cc3c(=O)c2-c2cccc3ccccc23)cc1. The zero-order chi connectivity index (χ0) is 22.9. The highest BCUT2D eigenvalue weighted by Gasteiger charge is 2.21. The number of ether oxygens (including phenoxy) is 1. The quantitative estimate of drug-likeness (QED) is 0.334. The van der Waals surface area contributed by atoms with E-state index in [1.807, 2.05) is 42.5 Å². The van der Waals surface area contributed by atoms with Crippen LogP contribution in [0.3, 0.4) is 0 Å². The molecule has 0 saturated carbocycles. The Balaban J connectivity index is 1.72. The minimum Gasteiger partial charge on any atom is -0.497 e. The highest BCUT2D eigenvalue weighted by molar-refractivity contribution is 6.31. The van der Waals surface area contributed by atoms with Crippen molar-refractivity contribution in [1.82, 2.24) is 0 Å². The van der Waals surface area contributed by atoms with Crippen molar-refractivity contribution < 1.29 is 13.9 Å². The standard InChI is InChI=1S/C27H18ClNO4/c1-32-19-12-9-17(10-13-19)26(31)29-27-24(21-8-4-6-16-5-2-3-7-20(16)21)25(30)22-15-18(28)11-14-23(22)33-27/h2-15H,1H3,(H,29,31). The highest BCUT2D eigenvalue weighted by Crippen LogP contribution is 2.34. The first-order valence-corrected chi connectivity index (χ1v) is 10.6. The Labute approximate surface area is 194 Å². The maximum absolute atomic E-state index is 13.7. The molecule has 0 radical (unpaired) electrons. The van der Waals surface area contributed by atoms with Gasteiger partial charge < -0.3 is 9.15 Å². The number of carbonyl (C=O) groups is 1. The summed E-state index contributed by atoms with van der Waals surface area (Å²) in [6, 6.07) is 24.9. The minimum absolute atomic E-state index is 0.0759. The van der Waals surface area contributed by atoms with Crippen molar-refractivity contribution >= 4 is 45.1 Å². The molecule has 0 saturated heterocycles. The van der Waals surface area contributed by atoms with Gasteiger partial charge in [-0.25, -0.2) is 0 Å². The van der Waals surface area contributed by atoms with E-state index in [9.17, 15) is 9.59 Å². The van der Waals surface area contributed by atoms with E-state index in [0.717, 1.165) is 10.8 Å². The van der Waals surface area contributed by atoms with Crippen LogP contribution < -0.4 is 15.5 Å². The average molecular weight is 456 g/mol. The molecule has 162 valence electrons. The zero-order valence-corrected chi connectivity index (χ0v) is 18.3. The van der Waals surface area contributed by atoms with Gasteiger partial charge in [-0.2, -0.15) is 0 Å². The van der Waals surface area contributed by atoms with Gasteiger partial charge in [0.25, 0.3) is 5.91 Å². The van der Waals surface area contributed by atoms with Crippen LogP contribution in [-0.4, -0.2) is 13.0 Å². The Hall–Kier alpha value is -4.09. The maximum atomic E-state index is 13.7. The van der Waals surface area contributed by atoms with Gasteiger partial charge in [-0.15, -0.1) is 0 Å². The third-order valence-corrected chi connectivity index (χ3v) is 5.73. The third-order valence-electron chi connectivity index (χ3n) is 5.49. The van der Waals surface area contributed by atoms with Crippen molar-refractivity contribution in [2.45, 2.75) is 0 Å². The first kappa shape index (κ1) is 20.8. The van der Waals surface area contributed by atoms with E-state index >= 15 is 0 Å². The Morgan fingerprint density at radius 1 is 0.909 bits per heavy atom. The van der Waals surface area contributed by atoms with Gasteiger partial charge in [0.15, 0.2) is 0 Å². The summed E-state index contributed by atoms with van der Waals surface area (Å²) in [7, 11) is 1.56. The lowest BCUT2D eigenvalue weighted by molar-refractivity contribution is 0.102. The first-order chi connectivity index (χ1) is 16.0. The van der Waals surface area contributed by atoms with Gasteiger partial charge in [0.2, 0.25) is 11.3 Å². The normalized spacial score (nSPS) is 11.0. The van der Waals surface area contributed by atoms with Crippen LogP contribution in [-0.2, 0) is 0 Å². The molecule has 5 nitrogen and oxygen atoms in total. The number of hydrogen-bond donors (Lipinski definition) is 1. The molecule has 1 heterocycles. The highest BCUT2D eigenvalue weighted by atomic mass is 35.5. The van der Waals surface area contributed by atoms with E-state index in [-0.39, 0.29) is 16.9 Å². The Bertz CT molecular complexity index is 1570. The van der Waals surface area contributed by atoms with Crippen LogP contribution in [0.2, 0.25) is 5.02 Å². The monoisotopic (exact) mass is 455 g/mol.